The van der Waals surface area contributed by atoms with Gasteiger partial charge in [-0.05, 0) is 0 Å². The van der Waals surface area contributed by atoms with Crippen molar-refractivity contribution in [2.24, 2.45) is 0 Å². The molecule has 0 aromatic heterocycles. The third-order valence-electron chi connectivity index (χ3n) is 3.74. The van der Waals surface area contributed by atoms with Gasteiger partial charge >= 0.3 is 23.8 Å². The molecule has 2 saturated heterocycles. The van der Waals surface area contributed by atoms with Gasteiger partial charge in [0.25, 0.3) is 0 Å². The number of nitrogens with zero attached hydrogens (tertiary/aromatic N) is 1. The molecule has 0 aliphatic carbocycles. The molecule has 0 unspecified atom stereocenters. The number of carbonyl (C=O) groups is 4. The molecule has 128 valence electrons. The summed E-state index contributed by atoms with van der Waals surface area (Å²) < 4.78 is 4.79. The largest absolute Gasteiger partial charge is 0.481 e. The Kier molecular flexibility index (Phi) is 4.82. The molecule has 0 aromatic carbocycles. The average Bonchev–Trinajstić information content (AvgIpc) is 2.79. The Morgan fingerprint density at radius 3 is 2.35 bits per heavy atom. The Hall–Kier alpha value is -2.24. The summed E-state index contributed by atoms with van der Waals surface area (Å²) >= 11 is 0. The molecule has 2 rings (SSSR count). The number of piperidine rings is 1. The Morgan fingerprint density at radius 1 is 1.09 bits per heavy atom. The van der Waals surface area contributed by atoms with Crippen molar-refractivity contribution in [1.82, 2.24) is 10.2 Å². The first kappa shape index (κ1) is 17.1. The molecule has 2 heterocycles. The summed E-state index contributed by atoms with van der Waals surface area (Å²) in [6, 6.07) is -1.25. The second-order valence-electron chi connectivity index (χ2n) is 5.25. The van der Waals surface area contributed by atoms with E-state index in [2.05, 4.69) is 5.32 Å². The molecular formula is C12H16N2O9. The molecule has 0 radical (unpaired) electrons. The molecule has 5 atom stereocenters. The minimum Gasteiger partial charge on any atom is -0.481 e. The fourth-order valence-corrected chi connectivity index (χ4v) is 2.54. The second kappa shape index (κ2) is 6.48. The number of carbonyl (C=O) groups excluding carboxylic acids is 3. The monoisotopic (exact) mass is 332 g/mol. The lowest BCUT2D eigenvalue weighted by Gasteiger charge is -2.44. The van der Waals surface area contributed by atoms with Crippen LogP contribution in [0.2, 0.25) is 0 Å². The van der Waals surface area contributed by atoms with Crippen LogP contribution in [-0.2, 0) is 23.9 Å². The molecule has 2 fully saturated rings. The molecule has 11 nitrogen and oxygen atoms in total. The Balaban J connectivity index is 2.06. The van der Waals surface area contributed by atoms with Crippen LogP contribution in [0.5, 0.6) is 0 Å². The van der Waals surface area contributed by atoms with Crippen LogP contribution in [0.15, 0.2) is 0 Å². The highest BCUT2D eigenvalue weighted by atomic mass is 16.5. The van der Waals surface area contributed by atoms with Gasteiger partial charge < -0.3 is 35.4 Å². The maximum absolute atomic E-state index is 11.8. The zero-order chi connectivity index (χ0) is 17.3. The third-order valence-corrected chi connectivity index (χ3v) is 3.74. The summed E-state index contributed by atoms with van der Waals surface area (Å²) in [5.74, 6) is -4.12. The molecule has 2 aliphatic heterocycles. The number of esters is 1. The highest BCUT2D eigenvalue weighted by Gasteiger charge is 2.55. The fourth-order valence-electron chi connectivity index (χ4n) is 2.54. The molecule has 5 N–H and O–H groups in total. The van der Waals surface area contributed by atoms with Gasteiger partial charge in [-0.2, -0.15) is 0 Å². The average molecular weight is 332 g/mol. The van der Waals surface area contributed by atoms with Crippen molar-refractivity contribution in [1.29, 1.82) is 0 Å². The summed E-state index contributed by atoms with van der Waals surface area (Å²) in [7, 11) is 0. The van der Waals surface area contributed by atoms with Gasteiger partial charge in [0.1, 0.15) is 31.1 Å². The number of hydrogen-bond donors (Lipinski definition) is 5. The second-order valence-corrected chi connectivity index (χ2v) is 5.25. The number of ether oxygens (including phenoxy) is 1. The van der Waals surface area contributed by atoms with E-state index < -0.39 is 73.7 Å². The number of amides is 2. The predicted molar refractivity (Wildman–Crippen MR) is 68.4 cm³/mol. The zero-order valence-corrected chi connectivity index (χ0v) is 11.8. The van der Waals surface area contributed by atoms with E-state index in [0.29, 0.717) is 0 Å². The van der Waals surface area contributed by atoms with Crippen molar-refractivity contribution in [3.05, 3.63) is 0 Å². The van der Waals surface area contributed by atoms with Gasteiger partial charge in [0, 0.05) is 0 Å². The van der Waals surface area contributed by atoms with Crippen LogP contribution >= 0.6 is 0 Å². The number of fused-ring (bicyclic) bond motifs is 1. The molecule has 2 aliphatic rings. The van der Waals surface area contributed by atoms with E-state index in [0.717, 1.165) is 4.90 Å². The van der Waals surface area contributed by atoms with Crippen LogP contribution in [-0.4, -0.2) is 86.2 Å². The Bertz CT molecular complexity index is 537. The predicted octanol–water partition coefficient (Wildman–Crippen LogP) is -3.86. The molecule has 0 saturated carbocycles. The molecule has 2 amide bonds. The number of carboxylic acids is 1. The molecule has 0 aromatic rings. The van der Waals surface area contributed by atoms with Crippen molar-refractivity contribution >= 4 is 23.8 Å². The lowest BCUT2D eigenvalue weighted by molar-refractivity contribution is -0.181. The molecule has 23 heavy (non-hydrogen) atoms. The minimum atomic E-state index is -1.66. The first-order valence-electron chi connectivity index (χ1n) is 6.78. The van der Waals surface area contributed by atoms with Gasteiger partial charge in [0.15, 0.2) is 0 Å². The number of aliphatic hydroxyl groups is 3. The highest BCUT2D eigenvalue weighted by molar-refractivity contribution is 6.37. The number of aliphatic carboxylic acids is 1. The Labute approximate surface area is 129 Å². The summed E-state index contributed by atoms with van der Waals surface area (Å²) in [4.78, 5) is 45.8. The summed E-state index contributed by atoms with van der Waals surface area (Å²) in [5, 5.41) is 40.2. The van der Waals surface area contributed by atoms with E-state index in [-0.39, 0.29) is 0 Å². The van der Waals surface area contributed by atoms with E-state index in [4.69, 9.17) is 9.84 Å². The number of hydrogen-bond acceptors (Lipinski definition) is 8. The van der Waals surface area contributed by atoms with Crippen molar-refractivity contribution in [3.63, 3.8) is 0 Å². The van der Waals surface area contributed by atoms with E-state index >= 15 is 0 Å². The normalized spacial score (nSPS) is 33.2. The SMILES string of the molecule is O=C(O)CCC(=O)OC[C@@H]1[C@@H](O)[C@H](O)[C@H](O)[C@H]2NC(=O)C(=O)N12. The van der Waals surface area contributed by atoms with Gasteiger partial charge in [-0.15, -0.1) is 0 Å². The van der Waals surface area contributed by atoms with Crippen LogP contribution in [0, 0.1) is 0 Å². The summed E-state index contributed by atoms with van der Waals surface area (Å²) in [6.45, 7) is -0.555. The fraction of sp³-hybridized carbons (Fsp3) is 0.667. The van der Waals surface area contributed by atoms with Crippen molar-refractivity contribution in [2.45, 2.75) is 43.4 Å². The number of rotatable bonds is 5. The van der Waals surface area contributed by atoms with Crippen LogP contribution < -0.4 is 5.32 Å². The van der Waals surface area contributed by atoms with Gasteiger partial charge in [-0.25, -0.2) is 0 Å². The third kappa shape index (κ3) is 3.25. The van der Waals surface area contributed by atoms with E-state index in [1.54, 1.807) is 0 Å². The van der Waals surface area contributed by atoms with E-state index in [1.807, 2.05) is 0 Å². The van der Waals surface area contributed by atoms with E-state index in [9.17, 15) is 34.5 Å². The summed E-state index contributed by atoms with van der Waals surface area (Å²) in [6.07, 6.45) is -7.00. The lowest BCUT2D eigenvalue weighted by atomic mass is 9.92. The van der Waals surface area contributed by atoms with Crippen LogP contribution in [0.1, 0.15) is 12.8 Å². The first-order chi connectivity index (χ1) is 10.7. The van der Waals surface area contributed by atoms with Crippen molar-refractivity contribution < 1.29 is 44.3 Å². The molecule has 0 spiro atoms. The van der Waals surface area contributed by atoms with Gasteiger partial charge in [0.05, 0.1) is 18.9 Å². The maximum atomic E-state index is 11.8. The Morgan fingerprint density at radius 2 is 1.74 bits per heavy atom. The van der Waals surface area contributed by atoms with Gasteiger partial charge in [0.2, 0.25) is 0 Å². The smallest absolute Gasteiger partial charge is 0.314 e. The van der Waals surface area contributed by atoms with Gasteiger partial charge in [-0.1, -0.05) is 0 Å². The summed E-state index contributed by atoms with van der Waals surface area (Å²) in [5.41, 5.74) is 0. The number of carboxylic acid groups (broad SMARTS) is 1. The van der Waals surface area contributed by atoms with E-state index in [1.165, 1.54) is 0 Å². The molecular weight excluding hydrogens is 316 g/mol. The van der Waals surface area contributed by atoms with Crippen LogP contribution in [0.4, 0.5) is 0 Å². The maximum Gasteiger partial charge on any atom is 0.314 e. The zero-order valence-electron chi connectivity index (χ0n) is 11.8. The molecule has 11 heteroatoms. The highest BCUT2D eigenvalue weighted by Crippen LogP contribution is 2.27. The van der Waals surface area contributed by atoms with Crippen molar-refractivity contribution in [2.75, 3.05) is 6.61 Å². The quantitative estimate of drug-likeness (QED) is 0.249. The van der Waals surface area contributed by atoms with Crippen LogP contribution in [0.25, 0.3) is 0 Å². The van der Waals surface area contributed by atoms with Crippen LogP contribution in [0.3, 0.4) is 0 Å². The number of aliphatic hydroxyl groups excluding tert-OH is 3. The molecule has 0 bridgehead atoms. The lowest BCUT2D eigenvalue weighted by Crippen LogP contribution is -2.68. The first-order valence-corrected chi connectivity index (χ1v) is 6.78. The topological polar surface area (TPSA) is 174 Å². The standard InChI is InChI=1S/C12H16N2O9/c15-5(16)1-2-6(17)23-3-4-7(18)8(19)9(20)10-13-11(21)12(22)14(4)10/h4,7-10,18-20H,1-3H2,(H,13,21)(H,15,16)/t4-,7-,8+,9+,10+/m1/s1. The number of nitrogens with one attached hydrogen (secondary N) is 1. The minimum absolute atomic E-state index is 0.405. The van der Waals surface area contributed by atoms with Crippen molar-refractivity contribution in [3.8, 4) is 0 Å². The van der Waals surface area contributed by atoms with Gasteiger partial charge in [-0.3, -0.25) is 19.2 Å².